The Morgan fingerprint density at radius 3 is 2.23 bits per heavy atom. The highest BCUT2D eigenvalue weighted by atomic mass is 19.1. The fourth-order valence-electron chi connectivity index (χ4n) is 4.98. The number of carbonyl (C=O) groups excluding carboxylic acids is 2. The van der Waals surface area contributed by atoms with Gasteiger partial charge in [-0.2, -0.15) is 0 Å². The number of nitrogens with one attached hydrogen (secondary N) is 2. The summed E-state index contributed by atoms with van der Waals surface area (Å²) in [6.45, 7) is 4.07. The third-order valence-electron chi connectivity index (χ3n) is 7.02. The second-order valence-electron chi connectivity index (χ2n) is 9.64. The summed E-state index contributed by atoms with van der Waals surface area (Å²) in [4.78, 5) is 29.8. The molecule has 2 N–H and O–H groups in total. The summed E-state index contributed by atoms with van der Waals surface area (Å²) in [6.07, 6.45) is -0.712. The molecule has 2 atom stereocenters. The van der Waals surface area contributed by atoms with Crippen LogP contribution in [0.5, 0.6) is 0 Å². The average Bonchev–Trinajstić information content (AvgIpc) is 3.61. The lowest BCUT2D eigenvalue weighted by molar-refractivity contribution is -0.0881. The van der Waals surface area contributed by atoms with Crippen LogP contribution in [0.1, 0.15) is 32.4 Å². The zero-order valence-electron chi connectivity index (χ0n) is 21.2. The van der Waals surface area contributed by atoms with Crippen LogP contribution in [0.4, 0.5) is 15.8 Å². The number of morpholine rings is 1. The van der Waals surface area contributed by atoms with Gasteiger partial charge in [-0.05, 0) is 35.9 Å². The van der Waals surface area contributed by atoms with Gasteiger partial charge in [0.15, 0.2) is 6.29 Å². The number of benzene rings is 3. The molecule has 2 fully saturated rings. The topological polar surface area (TPSA) is 89.1 Å². The minimum absolute atomic E-state index is 0.0834. The van der Waals surface area contributed by atoms with Crippen LogP contribution in [-0.4, -0.2) is 62.2 Å². The van der Waals surface area contributed by atoms with Crippen molar-refractivity contribution in [3.63, 3.8) is 0 Å². The first kappa shape index (κ1) is 25.4. The largest absolute Gasteiger partial charge is 0.379 e. The maximum atomic E-state index is 14.0. The van der Waals surface area contributed by atoms with Crippen molar-refractivity contribution in [3.8, 4) is 0 Å². The summed E-state index contributed by atoms with van der Waals surface area (Å²) >= 11 is 0. The molecule has 0 aliphatic carbocycles. The molecule has 9 heteroatoms. The first-order chi connectivity index (χ1) is 19.0. The van der Waals surface area contributed by atoms with Crippen molar-refractivity contribution in [3.05, 3.63) is 107 Å². The Morgan fingerprint density at radius 1 is 0.872 bits per heavy atom. The molecule has 0 spiro atoms. The maximum Gasteiger partial charge on any atom is 0.200 e. The lowest BCUT2D eigenvalue weighted by Gasteiger charge is -2.28. The SMILES string of the molecule is O=C(C(C(=O)c1cccc(C2COC(CN3CCOCC3)O2)c1)=C1Nc2ccccc2N1)c1cccc(F)c1. The molecule has 0 radical (unpaired) electrons. The van der Waals surface area contributed by atoms with E-state index in [1.807, 2.05) is 30.3 Å². The highest BCUT2D eigenvalue weighted by molar-refractivity contribution is 6.32. The van der Waals surface area contributed by atoms with E-state index < -0.39 is 17.4 Å². The lowest BCUT2D eigenvalue weighted by Crippen LogP contribution is -2.41. The molecule has 8 nitrogen and oxygen atoms in total. The molecule has 6 rings (SSSR count). The number of anilines is 2. The fourth-order valence-corrected chi connectivity index (χ4v) is 4.98. The molecule has 200 valence electrons. The Kier molecular flexibility index (Phi) is 7.21. The summed E-state index contributed by atoms with van der Waals surface area (Å²) in [5.74, 6) is -1.37. The van der Waals surface area contributed by atoms with Gasteiger partial charge in [0.2, 0.25) is 11.6 Å². The molecule has 2 unspecified atom stereocenters. The van der Waals surface area contributed by atoms with E-state index in [2.05, 4.69) is 15.5 Å². The van der Waals surface area contributed by atoms with Gasteiger partial charge in [-0.1, -0.05) is 42.5 Å². The van der Waals surface area contributed by atoms with Gasteiger partial charge in [-0.15, -0.1) is 0 Å². The zero-order valence-corrected chi connectivity index (χ0v) is 21.2. The number of fused-ring (bicyclic) bond motifs is 1. The van der Waals surface area contributed by atoms with Crippen molar-refractivity contribution in [2.45, 2.75) is 12.4 Å². The molecular formula is C30H28FN3O5. The molecule has 3 aromatic carbocycles. The van der Waals surface area contributed by atoms with E-state index in [1.54, 1.807) is 18.2 Å². The standard InChI is InChI=1S/C30H28FN3O5/c31-22-8-4-7-21(16-22)29(36)27(30-32-23-9-1-2-10-24(23)33-30)28(35)20-6-3-5-19(15-20)25-18-38-26(39-25)17-34-11-13-37-14-12-34/h1-10,15-16,25-26,32-33H,11-14,17-18H2. The summed E-state index contributed by atoms with van der Waals surface area (Å²) < 4.78 is 31.4. The van der Waals surface area contributed by atoms with E-state index in [1.165, 1.54) is 18.2 Å². The van der Waals surface area contributed by atoms with Crippen molar-refractivity contribution in [1.82, 2.24) is 4.90 Å². The maximum absolute atomic E-state index is 14.0. The Hall–Kier alpha value is -3.89. The van der Waals surface area contributed by atoms with E-state index in [0.29, 0.717) is 31.9 Å². The van der Waals surface area contributed by atoms with Crippen molar-refractivity contribution >= 4 is 22.9 Å². The number of para-hydroxylation sites is 2. The predicted molar refractivity (Wildman–Crippen MR) is 143 cm³/mol. The Bertz CT molecular complexity index is 1410. The predicted octanol–water partition coefficient (Wildman–Crippen LogP) is 4.39. The molecule has 39 heavy (non-hydrogen) atoms. The van der Waals surface area contributed by atoms with Gasteiger partial charge >= 0.3 is 0 Å². The van der Waals surface area contributed by atoms with Gasteiger partial charge in [-0.3, -0.25) is 14.5 Å². The van der Waals surface area contributed by atoms with Crippen molar-refractivity contribution in [2.24, 2.45) is 0 Å². The third kappa shape index (κ3) is 5.48. The Balaban J connectivity index is 1.27. The normalized spacial score (nSPS) is 20.7. The summed E-state index contributed by atoms with van der Waals surface area (Å²) in [7, 11) is 0. The third-order valence-corrected chi connectivity index (χ3v) is 7.02. The first-order valence-electron chi connectivity index (χ1n) is 12.9. The lowest BCUT2D eigenvalue weighted by atomic mass is 9.94. The molecular weight excluding hydrogens is 501 g/mol. The molecule has 0 saturated carbocycles. The quantitative estimate of drug-likeness (QED) is 0.202. The second-order valence-corrected chi connectivity index (χ2v) is 9.64. The van der Waals surface area contributed by atoms with Crippen LogP contribution >= 0.6 is 0 Å². The fraction of sp³-hybridized carbons (Fsp3) is 0.267. The van der Waals surface area contributed by atoms with Crippen molar-refractivity contribution in [2.75, 3.05) is 50.1 Å². The van der Waals surface area contributed by atoms with Gasteiger partial charge in [0, 0.05) is 30.8 Å². The first-order valence-corrected chi connectivity index (χ1v) is 12.9. The van der Waals surface area contributed by atoms with E-state index in [4.69, 9.17) is 14.2 Å². The monoisotopic (exact) mass is 529 g/mol. The summed E-state index contributed by atoms with van der Waals surface area (Å²) in [6, 6.07) is 19.8. The smallest absolute Gasteiger partial charge is 0.200 e. The number of rotatable bonds is 7. The number of hydrogen-bond donors (Lipinski definition) is 2. The molecule has 3 aromatic rings. The van der Waals surface area contributed by atoms with Gasteiger partial charge in [-0.25, -0.2) is 4.39 Å². The number of ketones is 2. The van der Waals surface area contributed by atoms with E-state index in [-0.39, 0.29) is 29.4 Å². The molecule has 0 aromatic heterocycles. The van der Waals surface area contributed by atoms with Crippen LogP contribution in [0.2, 0.25) is 0 Å². The average molecular weight is 530 g/mol. The minimum atomic E-state index is -0.585. The van der Waals surface area contributed by atoms with Gasteiger partial charge in [0.25, 0.3) is 0 Å². The second kappa shape index (κ2) is 11.1. The molecule has 0 bridgehead atoms. The molecule has 3 aliphatic heterocycles. The highest BCUT2D eigenvalue weighted by Gasteiger charge is 2.32. The minimum Gasteiger partial charge on any atom is -0.379 e. The van der Waals surface area contributed by atoms with Crippen molar-refractivity contribution < 1.29 is 28.2 Å². The van der Waals surface area contributed by atoms with Crippen molar-refractivity contribution in [1.29, 1.82) is 0 Å². The summed E-state index contributed by atoms with van der Waals surface area (Å²) in [5.41, 5.74) is 2.55. The van der Waals surface area contributed by atoms with Crippen LogP contribution in [0.3, 0.4) is 0 Å². The number of hydrogen-bond acceptors (Lipinski definition) is 8. The van der Waals surface area contributed by atoms with Crippen LogP contribution in [0.25, 0.3) is 0 Å². The molecule has 2 saturated heterocycles. The van der Waals surface area contributed by atoms with Crippen LogP contribution in [-0.2, 0) is 14.2 Å². The van der Waals surface area contributed by atoms with Gasteiger partial charge in [0.1, 0.15) is 23.3 Å². The zero-order chi connectivity index (χ0) is 26.8. The van der Waals surface area contributed by atoms with E-state index >= 15 is 0 Å². The van der Waals surface area contributed by atoms with Crippen LogP contribution in [0.15, 0.2) is 84.2 Å². The number of carbonyl (C=O) groups is 2. The van der Waals surface area contributed by atoms with E-state index in [9.17, 15) is 14.0 Å². The molecule has 3 heterocycles. The Morgan fingerprint density at radius 2 is 1.54 bits per heavy atom. The number of allylic oxidation sites excluding steroid dienone is 1. The number of Topliss-reactive ketones (excluding diaryl/α,β-unsaturated/α-hetero) is 2. The Labute approximate surface area is 225 Å². The van der Waals surface area contributed by atoms with Crippen LogP contribution in [0, 0.1) is 5.82 Å². The number of halogens is 1. The number of ether oxygens (including phenoxy) is 3. The highest BCUT2D eigenvalue weighted by Crippen LogP contribution is 2.33. The molecule has 3 aliphatic rings. The van der Waals surface area contributed by atoms with Gasteiger partial charge < -0.3 is 24.8 Å². The molecule has 0 amide bonds. The van der Waals surface area contributed by atoms with E-state index in [0.717, 1.165) is 36.1 Å². The van der Waals surface area contributed by atoms with Gasteiger partial charge in [0.05, 0.1) is 31.2 Å². The van der Waals surface area contributed by atoms with Crippen LogP contribution < -0.4 is 10.6 Å². The number of nitrogens with zero attached hydrogens (tertiary/aromatic N) is 1. The summed E-state index contributed by atoms with van der Waals surface area (Å²) in [5, 5.41) is 6.28.